The Labute approximate surface area is 431 Å². The van der Waals surface area contributed by atoms with Crippen LogP contribution in [-0.2, 0) is 0 Å². The average molecular weight is 967 g/mol. The van der Waals surface area contributed by atoms with Gasteiger partial charge in [-0.25, -0.2) is 29.9 Å². The quantitative estimate of drug-likeness (QED) is 0.142. The fourth-order valence-corrected chi connectivity index (χ4v) is 5.89. The first kappa shape index (κ1) is 62.2. The second-order valence-electron chi connectivity index (χ2n) is 17.2. The van der Waals surface area contributed by atoms with Gasteiger partial charge in [0.05, 0.1) is 11.4 Å². The third-order valence-corrected chi connectivity index (χ3v) is 8.96. The molecule has 0 fully saturated rings. The lowest BCUT2D eigenvalue weighted by molar-refractivity contribution is 1.01. The molecule has 0 bridgehead atoms. The molecule has 0 aliphatic rings. The summed E-state index contributed by atoms with van der Waals surface area (Å²) in [6, 6.07) is 30.4. The molecule has 0 amide bonds. The maximum Gasteiger partial charge on any atom is 0.125 e. The van der Waals surface area contributed by atoms with Crippen LogP contribution in [0, 0.1) is 125 Å². The van der Waals surface area contributed by atoms with Crippen molar-refractivity contribution in [1.29, 1.82) is 0 Å². The monoisotopic (exact) mass is 967 g/mol. The summed E-state index contributed by atoms with van der Waals surface area (Å²) in [5, 5.41) is 0. The van der Waals surface area contributed by atoms with Crippen molar-refractivity contribution in [2.24, 2.45) is 0 Å². The molecule has 8 aromatic heterocycles. The number of nitrogens with zero attached hydrogens (tertiary/aromatic N) is 12. The maximum absolute atomic E-state index is 4.17. The summed E-state index contributed by atoms with van der Waals surface area (Å²) in [7, 11) is 0. The molecule has 0 radical (unpaired) electrons. The van der Waals surface area contributed by atoms with E-state index in [0.717, 1.165) is 68.6 Å². The minimum Gasteiger partial charge on any atom is -0.264 e. The summed E-state index contributed by atoms with van der Waals surface area (Å²) in [4.78, 5) is 48.1. The van der Waals surface area contributed by atoms with Gasteiger partial charge in [0.2, 0.25) is 0 Å². The van der Waals surface area contributed by atoms with E-state index in [1.807, 2.05) is 170 Å². The fraction of sp³-hybridized carbons (Fsp3) is 0.300. The Morgan fingerprint density at radius 2 is 0.569 bits per heavy atom. The molecule has 1 aromatic carbocycles. The Kier molecular flexibility index (Phi) is 31.2. The van der Waals surface area contributed by atoms with E-state index in [9.17, 15) is 0 Å². The van der Waals surface area contributed by atoms with Crippen LogP contribution < -0.4 is 0 Å². The Hall–Kier alpha value is -7.86. The average Bonchev–Trinajstić information content (AvgIpc) is 3.28. The molecule has 12 nitrogen and oxygen atoms in total. The summed E-state index contributed by atoms with van der Waals surface area (Å²) in [5.41, 5.74) is 18.1. The molecule has 378 valence electrons. The Morgan fingerprint density at radius 1 is 0.236 bits per heavy atom. The van der Waals surface area contributed by atoms with Crippen molar-refractivity contribution in [2.75, 3.05) is 0 Å². The van der Waals surface area contributed by atoms with Crippen molar-refractivity contribution in [3.63, 3.8) is 0 Å². The number of aromatic nitrogens is 12. The Bertz CT molecular complexity index is 2110. The molecule has 9 aromatic rings. The smallest absolute Gasteiger partial charge is 0.125 e. The lowest BCUT2D eigenvalue weighted by atomic mass is 10.2. The van der Waals surface area contributed by atoms with E-state index in [-0.39, 0.29) is 0 Å². The molecule has 8 heterocycles. The molecule has 0 unspecified atom stereocenters. The van der Waals surface area contributed by atoms with Gasteiger partial charge in [-0.15, -0.1) is 0 Å². The van der Waals surface area contributed by atoms with Gasteiger partial charge in [-0.3, -0.25) is 29.9 Å². The van der Waals surface area contributed by atoms with E-state index in [4.69, 9.17) is 0 Å². The molecule has 12 heteroatoms. The highest BCUT2D eigenvalue weighted by Crippen LogP contribution is 2.01. The summed E-state index contributed by atoms with van der Waals surface area (Å²) >= 11 is 0. The van der Waals surface area contributed by atoms with Crippen LogP contribution >= 0.6 is 0 Å². The molecule has 0 saturated heterocycles. The molecule has 72 heavy (non-hydrogen) atoms. The van der Waals surface area contributed by atoms with Crippen LogP contribution in [0.5, 0.6) is 0 Å². The van der Waals surface area contributed by atoms with Crippen molar-refractivity contribution in [2.45, 2.75) is 125 Å². The maximum atomic E-state index is 4.17. The van der Waals surface area contributed by atoms with Gasteiger partial charge in [0.25, 0.3) is 0 Å². The fourth-order valence-electron chi connectivity index (χ4n) is 5.89. The van der Waals surface area contributed by atoms with Crippen LogP contribution in [0.4, 0.5) is 0 Å². The van der Waals surface area contributed by atoms with Crippen molar-refractivity contribution in [1.82, 2.24) is 59.8 Å². The first-order chi connectivity index (χ1) is 34.1. The van der Waals surface area contributed by atoms with Crippen molar-refractivity contribution >= 4 is 0 Å². The summed E-state index contributed by atoms with van der Waals surface area (Å²) in [5.74, 6) is 1.68. The van der Waals surface area contributed by atoms with E-state index in [1.165, 1.54) is 33.4 Å². The van der Waals surface area contributed by atoms with Crippen LogP contribution in [0.3, 0.4) is 0 Å². The van der Waals surface area contributed by atoms with Gasteiger partial charge in [0, 0.05) is 95.1 Å². The van der Waals surface area contributed by atoms with Crippen LogP contribution in [-0.4, -0.2) is 59.8 Å². The number of hydrogen-bond donors (Lipinski definition) is 0. The topological polar surface area (TPSA) is 155 Å². The highest BCUT2D eigenvalue weighted by atomic mass is 14.9. The van der Waals surface area contributed by atoms with Crippen LogP contribution in [0.15, 0.2) is 147 Å². The first-order valence-electron chi connectivity index (χ1n) is 23.7. The molecule has 0 spiro atoms. The third kappa shape index (κ3) is 34.4. The summed E-state index contributed by atoms with van der Waals surface area (Å²) in [6.07, 6.45) is 15.9. The second-order valence-corrected chi connectivity index (χ2v) is 17.2. The van der Waals surface area contributed by atoms with Crippen LogP contribution in [0.2, 0.25) is 0 Å². The summed E-state index contributed by atoms with van der Waals surface area (Å²) < 4.78 is 0. The SMILES string of the molecule is Cc1cc(C)ncn1.Cc1cccc(C)c1.Cc1cccc(C)n1.Cc1ccnc(C)c1.Cc1ccnc(C)c1.Cc1ccnc(C)n1.Cc1ccnc(C)n1.Cc1cncc(C)c1.Cc1cncc(C)n1. The minimum absolute atomic E-state index is 0.838. The third-order valence-electron chi connectivity index (χ3n) is 8.96. The van der Waals surface area contributed by atoms with Crippen molar-refractivity contribution < 1.29 is 0 Å². The van der Waals surface area contributed by atoms with Crippen LogP contribution in [0.25, 0.3) is 0 Å². The van der Waals surface area contributed by atoms with Gasteiger partial charge in [-0.05, 0) is 201 Å². The normalized spacial score (nSPS) is 9.25. The zero-order valence-electron chi connectivity index (χ0n) is 46.2. The molecule has 0 saturated carbocycles. The predicted molar refractivity (Wildman–Crippen MR) is 297 cm³/mol. The predicted octanol–water partition coefficient (Wildman–Crippen LogP) is 13.5. The first-order valence-corrected chi connectivity index (χ1v) is 23.7. The number of benzene rings is 1. The van der Waals surface area contributed by atoms with E-state index < -0.39 is 0 Å². The highest BCUT2D eigenvalue weighted by Gasteiger charge is 1.88. The molecular weight excluding hydrogens is 889 g/mol. The van der Waals surface area contributed by atoms with Crippen molar-refractivity contribution in [3.05, 3.63) is 249 Å². The van der Waals surface area contributed by atoms with Gasteiger partial charge in [0.15, 0.2) is 0 Å². The minimum atomic E-state index is 0.838. The number of aryl methyl sites for hydroxylation is 18. The van der Waals surface area contributed by atoms with Crippen molar-refractivity contribution in [3.8, 4) is 0 Å². The highest BCUT2D eigenvalue weighted by molar-refractivity contribution is 5.20. The van der Waals surface area contributed by atoms with Gasteiger partial charge in [-0.2, -0.15) is 0 Å². The Morgan fingerprint density at radius 3 is 0.792 bits per heavy atom. The molecule has 0 aliphatic heterocycles. The van der Waals surface area contributed by atoms with Gasteiger partial charge >= 0.3 is 0 Å². The number of hydrogen-bond acceptors (Lipinski definition) is 12. The molecule has 0 N–H and O–H groups in total. The van der Waals surface area contributed by atoms with E-state index in [0.29, 0.717) is 0 Å². The van der Waals surface area contributed by atoms with E-state index in [1.54, 1.807) is 31.1 Å². The van der Waals surface area contributed by atoms with E-state index >= 15 is 0 Å². The van der Waals surface area contributed by atoms with Gasteiger partial charge in [-0.1, -0.05) is 47.5 Å². The molecule has 0 aliphatic carbocycles. The zero-order valence-corrected chi connectivity index (χ0v) is 46.2. The Balaban J connectivity index is 0.000000405. The molecule has 0 atom stereocenters. The lowest BCUT2D eigenvalue weighted by Crippen LogP contribution is -1.86. The molecular formula is C60H78N12. The molecule has 9 rings (SSSR count). The van der Waals surface area contributed by atoms with Gasteiger partial charge < -0.3 is 0 Å². The number of pyridine rings is 4. The lowest BCUT2D eigenvalue weighted by Gasteiger charge is -1.90. The van der Waals surface area contributed by atoms with E-state index in [2.05, 4.69) is 130 Å². The standard InChI is InChI=1S/C8H10.4C7H9N.4C6H8N2/c1-7-4-3-5-8(2)6-7;1-6-3-7(2)5-8-4-6;2*1-6-3-4-8-7(2)5-6;1-6-4-3-5-7(2)8-6;1-5-3-7-4-6(2)8-5;1-5-3-6(2)8-4-7-5;2*1-5-3-4-7-6(2)8-5/h3-6H,1-2H3;4*3-5H,1-2H3;4*3-4H,1-2H3. The zero-order chi connectivity index (χ0) is 53.8. The summed E-state index contributed by atoms with van der Waals surface area (Å²) in [6.45, 7) is 35.8. The second kappa shape index (κ2) is 36.1. The van der Waals surface area contributed by atoms with Crippen LogP contribution in [0.1, 0.15) is 102 Å². The largest absolute Gasteiger partial charge is 0.264 e. The number of rotatable bonds is 0. The van der Waals surface area contributed by atoms with Gasteiger partial charge in [0.1, 0.15) is 18.0 Å².